The summed E-state index contributed by atoms with van der Waals surface area (Å²) in [6, 6.07) is 17.5. The van der Waals surface area contributed by atoms with Crippen molar-refractivity contribution in [3.63, 3.8) is 0 Å². The van der Waals surface area contributed by atoms with Crippen molar-refractivity contribution >= 4 is 68.9 Å². The summed E-state index contributed by atoms with van der Waals surface area (Å²) < 4.78 is 10.5. The fourth-order valence-corrected chi connectivity index (χ4v) is 5.88. The molecule has 39 heavy (non-hydrogen) atoms. The van der Waals surface area contributed by atoms with Gasteiger partial charge in [-0.05, 0) is 61.0 Å². The number of carbonyl (C=O) groups is 2. The molecule has 1 aromatic heterocycles. The zero-order chi connectivity index (χ0) is 27.9. The molecule has 0 spiro atoms. The molecule has 0 fully saturated rings. The highest BCUT2D eigenvalue weighted by Gasteiger charge is 2.20. The van der Waals surface area contributed by atoms with Crippen LogP contribution >= 0.6 is 46.3 Å². The van der Waals surface area contributed by atoms with Crippen LogP contribution in [-0.4, -0.2) is 36.3 Å². The highest BCUT2D eigenvalue weighted by Crippen LogP contribution is 2.34. The van der Waals surface area contributed by atoms with E-state index in [0.717, 1.165) is 10.5 Å². The lowest BCUT2D eigenvalue weighted by Crippen LogP contribution is -2.24. The van der Waals surface area contributed by atoms with Gasteiger partial charge in [0.2, 0.25) is 5.91 Å². The third kappa shape index (κ3) is 7.24. The topological polar surface area (TPSA) is 89.5 Å². The molecule has 0 aliphatic carbocycles. The summed E-state index contributed by atoms with van der Waals surface area (Å²) in [5.74, 6) is 0.558. The van der Waals surface area contributed by atoms with Crippen molar-refractivity contribution in [2.24, 2.45) is 0 Å². The van der Waals surface area contributed by atoms with E-state index in [9.17, 15) is 9.59 Å². The number of aromatic nitrogens is 1. The quantitative estimate of drug-likeness (QED) is 0.180. The van der Waals surface area contributed by atoms with E-state index in [0.29, 0.717) is 50.0 Å². The van der Waals surface area contributed by atoms with Gasteiger partial charge in [0.15, 0.2) is 16.6 Å². The molecule has 7 nitrogen and oxygen atoms in total. The van der Waals surface area contributed by atoms with Crippen molar-refractivity contribution < 1.29 is 19.1 Å². The molecule has 0 aliphatic rings. The van der Waals surface area contributed by atoms with Gasteiger partial charge < -0.3 is 20.1 Å². The molecule has 2 N–H and O–H groups in total. The molecule has 0 radical (unpaired) electrons. The zero-order valence-corrected chi connectivity index (χ0v) is 24.4. The Labute approximate surface area is 244 Å². The molecular formula is C28H25Cl2N3O4S2. The lowest BCUT2D eigenvalue weighted by atomic mass is 10.2. The van der Waals surface area contributed by atoms with E-state index in [2.05, 4.69) is 15.6 Å². The molecule has 1 atom stereocenters. The number of hydrogen-bond acceptors (Lipinski definition) is 7. The Bertz CT molecular complexity index is 1500. The van der Waals surface area contributed by atoms with Crippen molar-refractivity contribution in [2.75, 3.05) is 24.9 Å². The van der Waals surface area contributed by atoms with Crippen LogP contribution in [0.4, 0.5) is 10.8 Å². The summed E-state index contributed by atoms with van der Waals surface area (Å²) in [6.07, 6.45) is 0.597. The number of carbonyl (C=O) groups excluding carboxylic acids is 2. The minimum atomic E-state index is -0.367. The Kier molecular flexibility index (Phi) is 9.74. The maximum absolute atomic E-state index is 13.1. The third-order valence-corrected chi connectivity index (χ3v) is 8.28. The summed E-state index contributed by atoms with van der Waals surface area (Å²) in [6.45, 7) is 1.95. The average molecular weight is 603 g/mol. The number of amides is 2. The van der Waals surface area contributed by atoms with Gasteiger partial charge in [0.1, 0.15) is 0 Å². The SMILES string of the molecule is CCC(Sc1cccc(NC(=O)c2ccc(OC)c(OC)c2)c1)C(=O)Nc1nc(-c2ccc(Cl)cc2Cl)cs1. The van der Waals surface area contributed by atoms with Crippen LogP contribution < -0.4 is 20.1 Å². The summed E-state index contributed by atoms with van der Waals surface area (Å²) in [5.41, 5.74) is 2.44. The predicted octanol–water partition coefficient (Wildman–Crippen LogP) is 7.90. The van der Waals surface area contributed by atoms with Gasteiger partial charge in [-0.2, -0.15) is 0 Å². The third-order valence-electron chi connectivity index (χ3n) is 5.62. The van der Waals surface area contributed by atoms with Crippen LogP contribution in [0.25, 0.3) is 11.3 Å². The molecule has 0 bridgehead atoms. The first-order chi connectivity index (χ1) is 18.8. The molecule has 2 amide bonds. The molecule has 11 heteroatoms. The summed E-state index contributed by atoms with van der Waals surface area (Å²) in [5, 5.41) is 8.79. The van der Waals surface area contributed by atoms with Crippen molar-refractivity contribution in [1.82, 2.24) is 4.98 Å². The summed E-state index contributed by atoms with van der Waals surface area (Å²) in [7, 11) is 3.05. The Balaban J connectivity index is 1.41. The number of ether oxygens (including phenoxy) is 2. The van der Waals surface area contributed by atoms with E-state index in [1.807, 2.05) is 30.5 Å². The Morgan fingerprint density at radius 1 is 1.00 bits per heavy atom. The predicted molar refractivity (Wildman–Crippen MR) is 160 cm³/mol. The Morgan fingerprint density at radius 2 is 1.79 bits per heavy atom. The van der Waals surface area contributed by atoms with Gasteiger partial charge in [0, 0.05) is 32.1 Å². The van der Waals surface area contributed by atoms with Crippen molar-refractivity contribution in [1.29, 1.82) is 0 Å². The largest absolute Gasteiger partial charge is 0.493 e. The number of anilines is 2. The Morgan fingerprint density at radius 3 is 2.51 bits per heavy atom. The molecule has 1 heterocycles. The number of nitrogens with zero attached hydrogens (tertiary/aromatic N) is 1. The normalized spacial score (nSPS) is 11.5. The first-order valence-corrected chi connectivity index (χ1v) is 14.3. The standard InChI is InChI=1S/C28H25Cl2N3O4S2/c1-4-25(27(35)33-28-32-22(15-38-28)20-10-9-17(29)13-21(20)30)39-19-7-5-6-18(14-19)31-26(34)16-8-11-23(36-2)24(12-16)37-3/h5-15,25H,4H2,1-3H3,(H,31,34)(H,32,33,35). The van der Waals surface area contributed by atoms with Crippen LogP contribution in [-0.2, 0) is 4.79 Å². The number of thiazole rings is 1. The fourth-order valence-electron chi connectivity index (χ4n) is 3.65. The minimum absolute atomic E-state index is 0.162. The molecule has 0 saturated carbocycles. The maximum atomic E-state index is 13.1. The van der Waals surface area contributed by atoms with Gasteiger partial charge in [-0.15, -0.1) is 23.1 Å². The van der Waals surface area contributed by atoms with Gasteiger partial charge >= 0.3 is 0 Å². The van der Waals surface area contributed by atoms with Gasteiger partial charge in [-0.1, -0.05) is 36.2 Å². The average Bonchev–Trinajstić information content (AvgIpc) is 3.39. The molecule has 3 aromatic carbocycles. The minimum Gasteiger partial charge on any atom is -0.493 e. The van der Waals surface area contributed by atoms with Crippen LogP contribution in [0.15, 0.2) is 70.9 Å². The van der Waals surface area contributed by atoms with Crippen LogP contribution in [0.2, 0.25) is 10.0 Å². The van der Waals surface area contributed by atoms with E-state index in [1.165, 1.54) is 37.3 Å². The van der Waals surface area contributed by atoms with Crippen molar-refractivity contribution in [3.8, 4) is 22.8 Å². The van der Waals surface area contributed by atoms with Gasteiger partial charge in [-0.3, -0.25) is 9.59 Å². The molecule has 4 aromatic rings. The van der Waals surface area contributed by atoms with Gasteiger partial charge in [-0.25, -0.2) is 4.98 Å². The molecule has 202 valence electrons. The molecular weight excluding hydrogens is 577 g/mol. The number of rotatable bonds is 10. The van der Waals surface area contributed by atoms with E-state index in [4.69, 9.17) is 32.7 Å². The maximum Gasteiger partial charge on any atom is 0.255 e. The second-order valence-corrected chi connectivity index (χ2v) is 11.2. The zero-order valence-electron chi connectivity index (χ0n) is 21.3. The highest BCUT2D eigenvalue weighted by atomic mass is 35.5. The van der Waals surface area contributed by atoms with E-state index >= 15 is 0 Å². The van der Waals surface area contributed by atoms with Gasteiger partial charge in [0.05, 0.1) is 30.2 Å². The monoisotopic (exact) mass is 601 g/mol. The van der Waals surface area contributed by atoms with Crippen LogP contribution in [0.5, 0.6) is 11.5 Å². The molecule has 0 aliphatic heterocycles. The highest BCUT2D eigenvalue weighted by molar-refractivity contribution is 8.00. The van der Waals surface area contributed by atoms with E-state index in [-0.39, 0.29) is 17.1 Å². The first kappa shape index (κ1) is 28.8. The number of halogens is 2. The summed E-state index contributed by atoms with van der Waals surface area (Å²) >= 11 is 15.0. The number of methoxy groups -OCH3 is 2. The number of thioether (sulfide) groups is 1. The lowest BCUT2D eigenvalue weighted by Gasteiger charge is -2.15. The van der Waals surface area contributed by atoms with Crippen molar-refractivity contribution in [2.45, 2.75) is 23.5 Å². The van der Waals surface area contributed by atoms with E-state index in [1.54, 1.807) is 42.5 Å². The Hall–Kier alpha value is -3.24. The molecule has 1 unspecified atom stereocenters. The summed E-state index contributed by atoms with van der Waals surface area (Å²) in [4.78, 5) is 31.3. The number of benzene rings is 3. The second-order valence-electron chi connectivity index (χ2n) is 8.22. The van der Waals surface area contributed by atoms with Crippen LogP contribution in [0.1, 0.15) is 23.7 Å². The van der Waals surface area contributed by atoms with E-state index < -0.39 is 0 Å². The molecule has 0 saturated heterocycles. The second kappa shape index (κ2) is 13.2. The first-order valence-electron chi connectivity index (χ1n) is 11.8. The number of hydrogen-bond donors (Lipinski definition) is 2. The van der Waals surface area contributed by atoms with Crippen LogP contribution in [0, 0.1) is 0 Å². The molecule has 4 rings (SSSR count). The van der Waals surface area contributed by atoms with Crippen LogP contribution in [0.3, 0.4) is 0 Å². The lowest BCUT2D eigenvalue weighted by molar-refractivity contribution is -0.115. The smallest absolute Gasteiger partial charge is 0.255 e. The van der Waals surface area contributed by atoms with Gasteiger partial charge in [0.25, 0.3) is 5.91 Å². The number of nitrogens with one attached hydrogen (secondary N) is 2. The fraction of sp³-hybridized carbons (Fsp3) is 0.179. The van der Waals surface area contributed by atoms with Crippen molar-refractivity contribution in [3.05, 3.63) is 81.7 Å².